The maximum Gasteiger partial charge on any atom is 0.261 e. The van der Waals surface area contributed by atoms with E-state index < -0.39 is 16.1 Å². The minimum absolute atomic E-state index is 0.127. The second kappa shape index (κ2) is 8.24. The van der Waals surface area contributed by atoms with E-state index in [0.717, 1.165) is 22.9 Å². The van der Waals surface area contributed by atoms with Gasteiger partial charge in [-0.25, -0.2) is 8.42 Å². The molecule has 2 atom stereocenters. The van der Waals surface area contributed by atoms with Crippen molar-refractivity contribution >= 4 is 33.2 Å². The number of fused-ring (bicyclic) bond motifs is 1. The molecule has 0 unspecified atom stereocenters. The van der Waals surface area contributed by atoms with Gasteiger partial charge in [-0.2, -0.15) is 0 Å². The van der Waals surface area contributed by atoms with Crippen molar-refractivity contribution in [2.45, 2.75) is 39.3 Å². The fourth-order valence-electron chi connectivity index (χ4n) is 3.49. The summed E-state index contributed by atoms with van der Waals surface area (Å²) in [6, 6.07) is 10.6. The van der Waals surface area contributed by atoms with Crippen molar-refractivity contribution in [2.75, 3.05) is 17.1 Å². The first-order valence-corrected chi connectivity index (χ1v) is 11.6. The van der Waals surface area contributed by atoms with Crippen molar-refractivity contribution in [3.05, 3.63) is 58.1 Å². The molecule has 156 valence electrons. The molecular weight excluding hydrogens is 412 g/mol. The van der Waals surface area contributed by atoms with Gasteiger partial charge in [0.05, 0.1) is 18.0 Å². The molecule has 0 bridgehead atoms. The average Bonchev–Trinajstić information content (AvgIpc) is 2.82. The van der Waals surface area contributed by atoms with Crippen LogP contribution in [0.1, 0.15) is 36.1 Å². The van der Waals surface area contributed by atoms with Crippen molar-refractivity contribution in [1.82, 2.24) is 5.32 Å². The first-order chi connectivity index (χ1) is 13.6. The summed E-state index contributed by atoms with van der Waals surface area (Å²) in [5.74, 6) is 0.0338. The zero-order valence-electron chi connectivity index (χ0n) is 16.9. The Hall–Kier alpha value is -2.25. The molecule has 1 aliphatic rings. The van der Waals surface area contributed by atoms with E-state index in [2.05, 4.69) is 11.4 Å². The van der Waals surface area contributed by atoms with Gasteiger partial charge < -0.3 is 10.1 Å². The van der Waals surface area contributed by atoms with Crippen LogP contribution in [0.15, 0.2) is 36.4 Å². The van der Waals surface area contributed by atoms with Crippen LogP contribution in [-0.4, -0.2) is 33.2 Å². The molecule has 8 heteroatoms. The molecule has 0 aliphatic carbocycles. The van der Waals surface area contributed by atoms with Crippen LogP contribution in [-0.2, 0) is 14.8 Å². The summed E-state index contributed by atoms with van der Waals surface area (Å²) in [5.41, 5.74) is 3.59. The van der Waals surface area contributed by atoms with E-state index in [1.165, 1.54) is 10.4 Å². The Bertz CT molecular complexity index is 1040. The van der Waals surface area contributed by atoms with Gasteiger partial charge in [0.2, 0.25) is 10.0 Å². The Morgan fingerprint density at radius 2 is 1.97 bits per heavy atom. The van der Waals surface area contributed by atoms with Crippen LogP contribution in [0.3, 0.4) is 0 Å². The molecule has 1 amide bonds. The number of nitrogens with zero attached hydrogens (tertiary/aromatic N) is 1. The van der Waals surface area contributed by atoms with Gasteiger partial charge in [0.25, 0.3) is 5.91 Å². The average molecular weight is 437 g/mol. The number of carbonyl (C=O) groups is 1. The van der Waals surface area contributed by atoms with Crippen LogP contribution < -0.4 is 14.4 Å². The van der Waals surface area contributed by atoms with E-state index >= 15 is 0 Å². The molecule has 0 spiro atoms. The Kier molecular flexibility index (Phi) is 6.10. The van der Waals surface area contributed by atoms with Crippen molar-refractivity contribution in [3.63, 3.8) is 0 Å². The van der Waals surface area contributed by atoms with E-state index in [1.54, 1.807) is 12.1 Å². The second-order valence-corrected chi connectivity index (χ2v) is 9.78. The Balaban J connectivity index is 1.84. The Labute approximate surface area is 176 Å². The summed E-state index contributed by atoms with van der Waals surface area (Å²) < 4.78 is 31.6. The van der Waals surface area contributed by atoms with Crippen LogP contribution in [0.25, 0.3) is 0 Å². The summed E-state index contributed by atoms with van der Waals surface area (Å²) in [6.07, 6.45) is 0.542. The number of hydrogen-bond donors (Lipinski definition) is 1. The van der Waals surface area contributed by atoms with Crippen LogP contribution in [0.5, 0.6) is 5.75 Å². The molecule has 1 heterocycles. The topological polar surface area (TPSA) is 75.7 Å². The van der Waals surface area contributed by atoms with Gasteiger partial charge in [-0.05, 0) is 50.1 Å². The summed E-state index contributed by atoms with van der Waals surface area (Å²) in [7, 11) is -3.54. The standard InChI is InChI=1S/C21H25ClN2O4S/c1-13-5-6-14(2)17(11-13)15(3)23-21(25)20-9-10-24(29(4,26)27)18-12-16(22)7-8-19(18)28-20/h5-8,11-12,15,20H,9-10H2,1-4H3,(H,23,25)/t15-,20+/m0/s1. The molecule has 29 heavy (non-hydrogen) atoms. The third kappa shape index (κ3) is 4.85. The molecule has 2 aromatic carbocycles. The van der Waals surface area contributed by atoms with Gasteiger partial charge in [0.1, 0.15) is 5.75 Å². The lowest BCUT2D eigenvalue weighted by Gasteiger charge is -2.21. The third-order valence-corrected chi connectivity index (χ3v) is 6.42. The quantitative estimate of drug-likeness (QED) is 0.791. The lowest BCUT2D eigenvalue weighted by Crippen LogP contribution is -2.41. The molecule has 0 aromatic heterocycles. The van der Waals surface area contributed by atoms with E-state index in [1.807, 2.05) is 32.9 Å². The van der Waals surface area contributed by atoms with E-state index in [-0.39, 0.29) is 24.9 Å². The van der Waals surface area contributed by atoms with Crippen molar-refractivity contribution in [3.8, 4) is 5.75 Å². The zero-order valence-corrected chi connectivity index (χ0v) is 18.5. The molecule has 1 N–H and O–H groups in total. The Morgan fingerprint density at radius 1 is 1.24 bits per heavy atom. The van der Waals surface area contributed by atoms with E-state index in [4.69, 9.17) is 16.3 Å². The number of halogens is 1. The van der Waals surface area contributed by atoms with Gasteiger partial charge in [-0.3, -0.25) is 9.10 Å². The molecule has 6 nitrogen and oxygen atoms in total. The predicted molar refractivity (Wildman–Crippen MR) is 115 cm³/mol. The minimum Gasteiger partial charge on any atom is -0.478 e. The normalized spacial score (nSPS) is 17.7. The van der Waals surface area contributed by atoms with Gasteiger partial charge in [0, 0.05) is 18.0 Å². The lowest BCUT2D eigenvalue weighted by molar-refractivity contribution is -0.128. The monoisotopic (exact) mass is 436 g/mol. The zero-order chi connectivity index (χ0) is 21.3. The predicted octanol–water partition coefficient (Wildman–Crippen LogP) is 3.75. The highest BCUT2D eigenvalue weighted by atomic mass is 35.5. The largest absolute Gasteiger partial charge is 0.478 e. The van der Waals surface area contributed by atoms with Crippen LogP contribution in [0.2, 0.25) is 5.02 Å². The van der Waals surface area contributed by atoms with E-state index in [0.29, 0.717) is 16.5 Å². The van der Waals surface area contributed by atoms with Crippen molar-refractivity contribution in [1.29, 1.82) is 0 Å². The SMILES string of the molecule is Cc1ccc(C)c([C@H](C)NC(=O)[C@H]2CCN(S(C)(=O)=O)c3cc(Cl)ccc3O2)c1. The minimum atomic E-state index is -3.54. The highest BCUT2D eigenvalue weighted by Gasteiger charge is 2.32. The first kappa shape index (κ1) is 21.5. The maximum atomic E-state index is 12.9. The number of carbonyl (C=O) groups excluding carboxylic acids is 1. The molecule has 1 aliphatic heterocycles. The molecule has 0 fully saturated rings. The van der Waals surface area contributed by atoms with Gasteiger partial charge in [0.15, 0.2) is 6.10 Å². The molecule has 2 aromatic rings. The number of amides is 1. The number of aryl methyl sites for hydroxylation is 2. The first-order valence-electron chi connectivity index (χ1n) is 9.37. The van der Waals surface area contributed by atoms with Crippen molar-refractivity contribution < 1.29 is 17.9 Å². The van der Waals surface area contributed by atoms with Gasteiger partial charge in [-0.15, -0.1) is 0 Å². The summed E-state index contributed by atoms with van der Waals surface area (Å²) >= 11 is 6.05. The number of sulfonamides is 1. The fourth-order valence-corrected chi connectivity index (χ4v) is 4.60. The lowest BCUT2D eigenvalue weighted by atomic mass is 10.00. The highest BCUT2D eigenvalue weighted by molar-refractivity contribution is 7.92. The molecular formula is C21H25ClN2O4S. The number of anilines is 1. The van der Waals surface area contributed by atoms with E-state index in [9.17, 15) is 13.2 Å². The van der Waals surface area contributed by atoms with Gasteiger partial charge in [-0.1, -0.05) is 35.4 Å². The summed E-state index contributed by atoms with van der Waals surface area (Å²) in [4.78, 5) is 12.9. The summed E-state index contributed by atoms with van der Waals surface area (Å²) in [5, 5.41) is 3.40. The fraction of sp³-hybridized carbons (Fsp3) is 0.381. The molecule has 3 rings (SSSR count). The number of benzene rings is 2. The smallest absolute Gasteiger partial charge is 0.261 e. The highest BCUT2D eigenvalue weighted by Crippen LogP contribution is 2.36. The number of nitrogens with one attached hydrogen (secondary N) is 1. The van der Waals surface area contributed by atoms with Crippen LogP contribution in [0.4, 0.5) is 5.69 Å². The Morgan fingerprint density at radius 3 is 2.66 bits per heavy atom. The number of hydrogen-bond acceptors (Lipinski definition) is 4. The third-order valence-electron chi connectivity index (χ3n) is 5.01. The molecule has 0 radical (unpaired) electrons. The number of rotatable bonds is 4. The number of ether oxygens (including phenoxy) is 1. The van der Waals surface area contributed by atoms with Crippen molar-refractivity contribution in [2.24, 2.45) is 0 Å². The molecule has 0 saturated heterocycles. The maximum absolute atomic E-state index is 12.9. The van der Waals surface area contributed by atoms with Gasteiger partial charge >= 0.3 is 0 Å². The summed E-state index contributed by atoms with van der Waals surface area (Å²) in [6.45, 7) is 6.06. The molecule has 0 saturated carbocycles. The second-order valence-electron chi connectivity index (χ2n) is 7.43. The van der Waals surface area contributed by atoms with Crippen LogP contribution >= 0.6 is 11.6 Å². The van der Waals surface area contributed by atoms with Crippen LogP contribution in [0, 0.1) is 13.8 Å².